The van der Waals surface area contributed by atoms with Crippen LogP contribution in [-0.2, 0) is 11.3 Å². The molecule has 0 aliphatic heterocycles. The lowest BCUT2D eigenvalue weighted by Crippen LogP contribution is -2.28. The van der Waals surface area contributed by atoms with Crippen molar-refractivity contribution in [1.29, 1.82) is 5.26 Å². The summed E-state index contributed by atoms with van der Waals surface area (Å²) in [5.74, 6) is 0.698. The smallest absolute Gasteiger partial charge is 0.232 e. The minimum atomic E-state index is -0.238. The number of nitrogens with two attached hydrogens (primary N) is 1. The van der Waals surface area contributed by atoms with Crippen LogP contribution in [0.25, 0.3) is 11.3 Å². The second-order valence-corrected chi connectivity index (χ2v) is 7.75. The number of anilines is 2. The molecule has 160 valence electrons. The second kappa shape index (κ2) is 8.67. The third-order valence-corrected chi connectivity index (χ3v) is 4.90. The maximum Gasteiger partial charge on any atom is 0.232 e. The molecule has 0 spiro atoms. The van der Waals surface area contributed by atoms with E-state index in [2.05, 4.69) is 31.4 Å². The van der Waals surface area contributed by atoms with E-state index < -0.39 is 0 Å². The lowest BCUT2D eigenvalue weighted by atomic mass is 10.2. The van der Waals surface area contributed by atoms with E-state index in [4.69, 9.17) is 15.2 Å². The molecule has 0 radical (unpaired) electrons. The SMILES string of the molecule is COCC(C)Oc1nc(-c2cnc(Nc3cnn(CC4(N)CC4)c3)nc2)ccc1C#N. The third-order valence-electron chi connectivity index (χ3n) is 4.90. The molecule has 3 aromatic heterocycles. The van der Waals surface area contributed by atoms with E-state index >= 15 is 0 Å². The highest BCUT2D eigenvalue weighted by atomic mass is 16.5. The Morgan fingerprint density at radius 2 is 2.06 bits per heavy atom. The van der Waals surface area contributed by atoms with Crippen molar-refractivity contribution in [3.8, 4) is 23.2 Å². The number of hydrogen-bond donors (Lipinski definition) is 2. The van der Waals surface area contributed by atoms with Gasteiger partial charge in [0.05, 0.1) is 30.7 Å². The molecule has 31 heavy (non-hydrogen) atoms. The van der Waals surface area contributed by atoms with Crippen LogP contribution in [0.4, 0.5) is 11.6 Å². The van der Waals surface area contributed by atoms with E-state index in [-0.39, 0.29) is 17.5 Å². The van der Waals surface area contributed by atoms with Crippen LogP contribution >= 0.6 is 0 Å². The van der Waals surface area contributed by atoms with Gasteiger partial charge in [-0.05, 0) is 31.9 Å². The Kier molecular flexibility index (Phi) is 5.79. The number of hydrogen-bond acceptors (Lipinski definition) is 9. The first-order chi connectivity index (χ1) is 15.0. The van der Waals surface area contributed by atoms with Gasteiger partial charge in [-0.1, -0.05) is 0 Å². The first-order valence-electron chi connectivity index (χ1n) is 9.95. The zero-order valence-corrected chi connectivity index (χ0v) is 17.4. The number of aromatic nitrogens is 5. The van der Waals surface area contributed by atoms with Crippen LogP contribution in [0.3, 0.4) is 0 Å². The van der Waals surface area contributed by atoms with E-state index in [9.17, 15) is 5.26 Å². The normalized spacial score (nSPS) is 15.2. The fraction of sp³-hybridized carbons (Fsp3) is 0.381. The first-order valence-corrected chi connectivity index (χ1v) is 9.95. The summed E-state index contributed by atoms with van der Waals surface area (Å²) in [5, 5.41) is 16.8. The minimum absolute atomic E-state index is 0.112. The zero-order chi connectivity index (χ0) is 21.8. The Balaban J connectivity index is 1.46. The van der Waals surface area contributed by atoms with Crippen LogP contribution in [0, 0.1) is 11.3 Å². The predicted octanol–water partition coefficient (Wildman–Crippen LogP) is 2.26. The second-order valence-electron chi connectivity index (χ2n) is 7.75. The van der Waals surface area contributed by atoms with Crippen LogP contribution < -0.4 is 15.8 Å². The quantitative estimate of drug-likeness (QED) is 0.534. The number of ether oxygens (including phenoxy) is 2. The molecule has 0 bridgehead atoms. The van der Waals surface area contributed by atoms with Gasteiger partial charge in [-0.25, -0.2) is 15.0 Å². The van der Waals surface area contributed by atoms with Crippen molar-refractivity contribution in [2.24, 2.45) is 5.73 Å². The molecule has 4 rings (SSSR count). The van der Waals surface area contributed by atoms with Gasteiger partial charge in [0, 0.05) is 36.8 Å². The van der Waals surface area contributed by atoms with E-state index in [1.807, 2.05) is 17.8 Å². The molecule has 1 aliphatic rings. The number of rotatable bonds is 9. The van der Waals surface area contributed by atoms with E-state index in [1.54, 1.807) is 37.8 Å². The lowest BCUT2D eigenvalue weighted by molar-refractivity contribution is 0.0888. The Labute approximate surface area is 180 Å². The molecule has 3 aromatic rings. The first kappa shape index (κ1) is 20.7. The average molecular weight is 420 g/mol. The van der Waals surface area contributed by atoms with Gasteiger partial charge in [0.15, 0.2) is 0 Å². The highest BCUT2D eigenvalue weighted by Gasteiger charge is 2.38. The number of pyridine rings is 1. The Hall–Kier alpha value is -3.55. The van der Waals surface area contributed by atoms with Crippen molar-refractivity contribution < 1.29 is 9.47 Å². The fourth-order valence-corrected chi connectivity index (χ4v) is 3.05. The molecule has 0 aromatic carbocycles. The minimum Gasteiger partial charge on any atom is -0.471 e. The van der Waals surface area contributed by atoms with Crippen LogP contribution in [0.5, 0.6) is 5.88 Å². The molecular formula is C21H24N8O2. The summed E-state index contributed by atoms with van der Waals surface area (Å²) in [6, 6.07) is 5.50. The van der Waals surface area contributed by atoms with Crippen LogP contribution in [0.1, 0.15) is 25.3 Å². The molecule has 1 saturated carbocycles. The molecule has 1 atom stereocenters. The molecule has 1 unspecified atom stereocenters. The Bertz CT molecular complexity index is 1090. The molecule has 10 nitrogen and oxygen atoms in total. The van der Waals surface area contributed by atoms with Gasteiger partial charge in [-0.2, -0.15) is 10.4 Å². The summed E-state index contributed by atoms with van der Waals surface area (Å²) in [4.78, 5) is 13.2. The summed E-state index contributed by atoms with van der Waals surface area (Å²) < 4.78 is 12.7. The highest BCUT2D eigenvalue weighted by Crippen LogP contribution is 2.33. The van der Waals surface area contributed by atoms with Gasteiger partial charge in [0.2, 0.25) is 11.8 Å². The molecule has 0 amide bonds. The molecule has 1 fully saturated rings. The van der Waals surface area contributed by atoms with Gasteiger partial charge in [0.25, 0.3) is 0 Å². The number of nitrogens with zero attached hydrogens (tertiary/aromatic N) is 6. The van der Waals surface area contributed by atoms with Crippen molar-refractivity contribution in [2.75, 3.05) is 19.0 Å². The topological polar surface area (TPSA) is 137 Å². The van der Waals surface area contributed by atoms with Crippen molar-refractivity contribution in [3.63, 3.8) is 0 Å². The predicted molar refractivity (Wildman–Crippen MR) is 114 cm³/mol. The van der Waals surface area contributed by atoms with Crippen LogP contribution in [-0.4, -0.2) is 50.1 Å². The maximum absolute atomic E-state index is 9.32. The molecular weight excluding hydrogens is 396 g/mol. The van der Waals surface area contributed by atoms with Gasteiger partial charge in [-0.3, -0.25) is 4.68 Å². The largest absolute Gasteiger partial charge is 0.471 e. The van der Waals surface area contributed by atoms with Crippen molar-refractivity contribution >= 4 is 11.6 Å². The Morgan fingerprint density at radius 3 is 2.74 bits per heavy atom. The van der Waals surface area contributed by atoms with Crippen LogP contribution in [0.2, 0.25) is 0 Å². The number of nitrogens with one attached hydrogen (secondary N) is 1. The highest BCUT2D eigenvalue weighted by molar-refractivity contribution is 5.61. The Morgan fingerprint density at radius 1 is 1.29 bits per heavy atom. The summed E-state index contributed by atoms with van der Waals surface area (Å²) in [6.07, 6.45) is 8.75. The van der Waals surface area contributed by atoms with Crippen molar-refractivity contribution in [1.82, 2.24) is 24.7 Å². The molecule has 3 N–H and O–H groups in total. The summed E-state index contributed by atoms with van der Waals surface area (Å²) in [6.45, 7) is 2.94. The van der Waals surface area contributed by atoms with E-state index in [0.29, 0.717) is 35.9 Å². The number of methoxy groups -OCH3 is 1. The van der Waals surface area contributed by atoms with E-state index in [0.717, 1.165) is 18.5 Å². The summed E-state index contributed by atoms with van der Waals surface area (Å²) >= 11 is 0. The molecule has 0 saturated heterocycles. The lowest BCUT2D eigenvalue weighted by Gasteiger charge is -2.14. The third kappa shape index (κ3) is 5.14. The zero-order valence-electron chi connectivity index (χ0n) is 17.4. The van der Waals surface area contributed by atoms with Crippen molar-refractivity contribution in [2.45, 2.75) is 38.0 Å². The average Bonchev–Trinajstić information content (AvgIpc) is 3.32. The van der Waals surface area contributed by atoms with Gasteiger partial charge in [0.1, 0.15) is 17.7 Å². The molecule has 3 heterocycles. The van der Waals surface area contributed by atoms with Gasteiger partial charge >= 0.3 is 0 Å². The van der Waals surface area contributed by atoms with Gasteiger partial charge in [-0.15, -0.1) is 0 Å². The van der Waals surface area contributed by atoms with Gasteiger partial charge < -0.3 is 20.5 Å². The number of nitriles is 1. The molecule has 10 heteroatoms. The standard InChI is InChI=1S/C21H24N8O2/c1-14(12-30-2)31-19-15(7-22)3-4-18(28-19)16-8-24-20(25-9-16)27-17-10-26-29(11-17)13-21(23)5-6-21/h3-4,8-11,14H,5-6,12-13,23H2,1-2H3,(H,24,25,27). The van der Waals surface area contributed by atoms with E-state index in [1.165, 1.54) is 0 Å². The maximum atomic E-state index is 9.32. The van der Waals surface area contributed by atoms with Crippen LogP contribution in [0.15, 0.2) is 36.9 Å². The summed E-state index contributed by atoms with van der Waals surface area (Å²) in [5.41, 5.74) is 8.48. The summed E-state index contributed by atoms with van der Waals surface area (Å²) in [7, 11) is 1.59. The monoisotopic (exact) mass is 420 g/mol. The molecule has 1 aliphatic carbocycles. The fourth-order valence-electron chi connectivity index (χ4n) is 3.05. The van der Waals surface area contributed by atoms with Crippen molar-refractivity contribution in [3.05, 3.63) is 42.5 Å².